The molecule has 4 heterocycles. The number of carbonyl (C=O) groups is 4. The summed E-state index contributed by atoms with van der Waals surface area (Å²) in [6.07, 6.45) is 3.88. The fourth-order valence-electron chi connectivity index (χ4n) is 5.43. The van der Waals surface area contributed by atoms with Gasteiger partial charge < -0.3 is 25.9 Å². The molecule has 0 radical (unpaired) electrons. The van der Waals surface area contributed by atoms with Crippen LogP contribution in [0.3, 0.4) is 0 Å². The number of carbonyl (C=O) groups excluding carboxylic acids is 3. The van der Waals surface area contributed by atoms with Crippen molar-refractivity contribution in [3.05, 3.63) is 87.5 Å². The summed E-state index contributed by atoms with van der Waals surface area (Å²) in [5.74, 6) is -1.20. The van der Waals surface area contributed by atoms with Crippen molar-refractivity contribution >= 4 is 80.6 Å². The number of carboxylic acids is 1. The summed E-state index contributed by atoms with van der Waals surface area (Å²) in [6.45, 7) is 0.967. The summed E-state index contributed by atoms with van der Waals surface area (Å²) in [5.41, 5.74) is 9.32. The van der Waals surface area contributed by atoms with Gasteiger partial charge in [0.05, 0.1) is 11.4 Å². The quantitative estimate of drug-likeness (QED) is 0.180. The lowest BCUT2D eigenvalue weighted by Crippen LogP contribution is -2.70. The molecule has 1 saturated carbocycles. The number of hydrogen-bond acceptors (Lipinski definition) is 11. The largest absolute Gasteiger partial charge is 0.477 e. The first-order valence-electron chi connectivity index (χ1n) is 14.9. The number of aliphatic carboxylic acids is 1. The summed E-state index contributed by atoms with van der Waals surface area (Å²) < 4.78 is 0. The van der Waals surface area contributed by atoms with Crippen molar-refractivity contribution in [3.63, 3.8) is 0 Å². The number of β-lactam (4-membered cyclic amide) rings is 1. The van der Waals surface area contributed by atoms with Crippen molar-refractivity contribution in [1.82, 2.24) is 15.2 Å². The molecule has 4 N–H and O–H groups in total. The molecule has 13 nitrogen and oxygen atoms in total. The first kappa shape index (κ1) is 33.2. The molecule has 0 unspecified atom stereocenters. The van der Waals surface area contributed by atoms with Crippen LogP contribution >= 0.6 is 34.7 Å². The number of carboxylic acid groups (broad SMARTS) is 1. The maximum absolute atomic E-state index is 12.6. The molecule has 1 aromatic heterocycles. The summed E-state index contributed by atoms with van der Waals surface area (Å²) >= 11 is 8.72. The van der Waals surface area contributed by atoms with Gasteiger partial charge in [-0.05, 0) is 43.0 Å². The molecule has 4 aliphatic rings. The number of aliphatic imine (C=N–C) groups is 1. The van der Waals surface area contributed by atoms with Gasteiger partial charge in [-0.1, -0.05) is 47.1 Å². The zero-order valence-electron chi connectivity index (χ0n) is 25.5. The van der Waals surface area contributed by atoms with E-state index >= 15 is 0 Å². The Morgan fingerprint density at radius 1 is 1.19 bits per heavy atom. The first-order chi connectivity index (χ1) is 23.2. The number of halogens is 1. The maximum Gasteiger partial charge on any atom is 0.352 e. The van der Waals surface area contributed by atoms with Gasteiger partial charge in [-0.2, -0.15) is 0 Å². The van der Waals surface area contributed by atoms with Gasteiger partial charge in [-0.3, -0.25) is 24.3 Å². The number of nitrogen functional groups attached to an aromatic ring is 1. The van der Waals surface area contributed by atoms with Gasteiger partial charge in [0.1, 0.15) is 36.5 Å². The standard InChI is InChI=1S/C19H17ClN2O.C13H13N5O5S2/c20-15-8-9-17-16(10-15)19(14-4-2-1-3-5-14)21-11-18(23)22(17)12-13-6-7-13;1-23-17-7(5-4-25-13(14)15-5)9(19)16-8-10(20)18-6(12(21)22)2-3-24-11(8)18/h1-5,8-10,13H,6-7,11-12H2;2,4,8,11H,3H2,1H3,(H2,14,15)(H,16,19)(H,21,22)/b;17-7-/t;8-,11-/m.1/s1. The van der Waals surface area contributed by atoms with Crippen molar-refractivity contribution in [2.75, 3.05) is 36.6 Å². The van der Waals surface area contributed by atoms with E-state index in [2.05, 4.69) is 25.3 Å². The van der Waals surface area contributed by atoms with Crippen LogP contribution in [0.2, 0.25) is 5.02 Å². The molecule has 16 heteroatoms. The number of fused-ring (bicyclic) bond motifs is 2. The summed E-state index contributed by atoms with van der Waals surface area (Å²) in [7, 11) is 1.28. The predicted octanol–water partition coefficient (Wildman–Crippen LogP) is 3.38. The number of anilines is 2. The van der Waals surface area contributed by atoms with Crippen molar-refractivity contribution in [1.29, 1.82) is 0 Å². The molecule has 48 heavy (non-hydrogen) atoms. The molecule has 2 fully saturated rings. The predicted molar refractivity (Wildman–Crippen MR) is 184 cm³/mol. The highest BCUT2D eigenvalue weighted by Crippen LogP contribution is 2.38. The Morgan fingerprint density at radius 3 is 2.62 bits per heavy atom. The number of nitrogens with one attached hydrogen (secondary N) is 1. The molecule has 3 aliphatic heterocycles. The Hall–Kier alpha value is -4.73. The maximum atomic E-state index is 12.6. The third-order valence-electron chi connectivity index (χ3n) is 7.88. The molecular weight excluding hydrogens is 678 g/mol. The number of nitrogens with two attached hydrogens (primary N) is 1. The average Bonchev–Trinajstić information content (AvgIpc) is 3.83. The lowest BCUT2D eigenvalue weighted by Gasteiger charge is -2.48. The highest BCUT2D eigenvalue weighted by Gasteiger charge is 2.53. The van der Waals surface area contributed by atoms with E-state index in [-0.39, 0.29) is 34.7 Å². The topological polar surface area (TPSA) is 180 Å². The van der Waals surface area contributed by atoms with Crippen molar-refractivity contribution in [3.8, 4) is 0 Å². The second-order valence-corrected chi connectivity index (χ2v) is 13.6. The van der Waals surface area contributed by atoms with Crippen LogP contribution in [0.5, 0.6) is 0 Å². The normalized spacial score (nSPS) is 20.2. The van der Waals surface area contributed by atoms with E-state index in [0.29, 0.717) is 16.7 Å². The van der Waals surface area contributed by atoms with Crippen LogP contribution in [0.15, 0.2) is 75.8 Å². The molecule has 3 amide bonds. The van der Waals surface area contributed by atoms with E-state index in [1.165, 1.54) is 37.8 Å². The number of aromatic nitrogens is 1. The minimum absolute atomic E-state index is 0.0615. The average molecular weight is 708 g/mol. The molecule has 2 atom stereocenters. The number of thioether (sulfide) groups is 1. The lowest BCUT2D eigenvalue weighted by molar-refractivity contribution is -0.150. The number of rotatable bonds is 8. The molecule has 2 aromatic carbocycles. The summed E-state index contributed by atoms with van der Waals surface area (Å²) in [6, 6.07) is 14.8. The monoisotopic (exact) mass is 707 g/mol. The van der Waals surface area contributed by atoms with E-state index in [9.17, 15) is 19.2 Å². The number of benzodiazepines with no additional fused rings is 1. The third-order valence-corrected chi connectivity index (χ3v) is 9.97. The van der Waals surface area contributed by atoms with Crippen LogP contribution in [0, 0.1) is 5.92 Å². The fraction of sp³-hybridized carbons (Fsp3) is 0.281. The van der Waals surface area contributed by atoms with Crippen LogP contribution in [-0.4, -0.2) is 87.5 Å². The van der Waals surface area contributed by atoms with Gasteiger partial charge >= 0.3 is 5.97 Å². The van der Waals surface area contributed by atoms with E-state index in [1.54, 1.807) is 5.38 Å². The summed E-state index contributed by atoms with van der Waals surface area (Å²) in [4.78, 5) is 64.8. The Kier molecular flexibility index (Phi) is 9.80. The molecule has 1 aliphatic carbocycles. The fourth-order valence-corrected chi connectivity index (χ4v) is 7.34. The zero-order chi connectivity index (χ0) is 33.9. The minimum atomic E-state index is -1.18. The molecular formula is C32H30ClN7O6S2. The number of oxime groups is 1. The SMILES string of the molecule is CO/N=C(\C(=O)N[C@@H]1C(=O)N2C(C(=O)O)=CCS[C@H]12)c1csc(N)n1.O=C1CN=C(c2ccccc2)c2cc(Cl)ccc2N1CC1CC1. The van der Waals surface area contributed by atoms with E-state index in [1.807, 2.05) is 53.4 Å². The van der Waals surface area contributed by atoms with Gasteiger partial charge in [0.25, 0.3) is 11.8 Å². The Bertz CT molecular complexity index is 1860. The number of amides is 3. The van der Waals surface area contributed by atoms with Crippen LogP contribution in [-0.2, 0) is 24.0 Å². The number of nitrogens with zero attached hydrogens (tertiary/aromatic N) is 5. The van der Waals surface area contributed by atoms with E-state index in [0.717, 1.165) is 45.3 Å². The Balaban J connectivity index is 0.000000168. The van der Waals surface area contributed by atoms with Crippen molar-refractivity contribution in [2.24, 2.45) is 16.1 Å². The first-order valence-corrected chi connectivity index (χ1v) is 17.2. The Morgan fingerprint density at radius 2 is 1.96 bits per heavy atom. The molecule has 0 bridgehead atoms. The van der Waals surface area contributed by atoms with Gasteiger partial charge in [0, 0.05) is 33.8 Å². The number of benzene rings is 2. The smallest absolute Gasteiger partial charge is 0.352 e. The molecule has 1 saturated heterocycles. The van der Waals surface area contributed by atoms with Crippen molar-refractivity contribution in [2.45, 2.75) is 24.3 Å². The molecule has 248 valence electrons. The van der Waals surface area contributed by atoms with Crippen LogP contribution in [0.25, 0.3) is 0 Å². The second kappa shape index (κ2) is 14.2. The van der Waals surface area contributed by atoms with Crippen LogP contribution in [0.4, 0.5) is 10.8 Å². The molecule has 7 rings (SSSR count). The Labute approximate surface area is 288 Å². The number of thiazole rings is 1. The second-order valence-electron chi connectivity index (χ2n) is 11.1. The minimum Gasteiger partial charge on any atom is -0.477 e. The van der Waals surface area contributed by atoms with E-state index < -0.39 is 29.2 Å². The van der Waals surface area contributed by atoms with Crippen molar-refractivity contribution < 1.29 is 29.1 Å². The van der Waals surface area contributed by atoms with E-state index in [4.69, 9.17) is 22.4 Å². The van der Waals surface area contributed by atoms with Crippen LogP contribution in [0.1, 0.15) is 29.7 Å². The zero-order valence-corrected chi connectivity index (χ0v) is 27.9. The van der Waals surface area contributed by atoms with Gasteiger partial charge in [-0.25, -0.2) is 9.78 Å². The van der Waals surface area contributed by atoms with Gasteiger partial charge in [-0.15, -0.1) is 23.1 Å². The highest BCUT2D eigenvalue weighted by atomic mass is 35.5. The van der Waals surface area contributed by atoms with Crippen LogP contribution < -0.4 is 16.0 Å². The van der Waals surface area contributed by atoms with Gasteiger partial charge in [0.15, 0.2) is 10.8 Å². The lowest BCUT2D eigenvalue weighted by atomic mass is 10.00. The number of hydrogen-bond donors (Lipinski definition) is 3. The third kappa shape index (κ3) is 6.93. The summed E-state index contributed by atoms with van der Waals surface area (Å²) in [5, 5.41) is 17.3. The molecule has 3 aromatic rings. The highest BCUT2D eigenvalue weighted by molar-refractivity contribution is 8.00. The van der Waals surface area contributed by atoms with Gasteiger partial charge in [0.2, 0.25) is 5.91 Å². The molecule has 0 spiro atoms.